The van der Waals surface area contributed by atoms with Crippen molar-refractivity contribution in [1.29, 1.82) is 0 Å². The SMILES string of the molecule is O=C(c1ccc(I)cc1)N1CC(S(=O)(=O)c2ccc(Cl)cc2)C1. The van der Waals surface area contributed by atoms with E-state index in [2.05, 4.69) is 22.6 Å². The summed E-state index contributed by atoms with van der Waals surface area (Å²) in [5.41, 5.74) is 0.577. The van der Waals surface area contributed by atoms with Gasteiger partial charge in [0.25, 0.3) is 5.91 Å². The summed E-state index contributed by atoms with van der Waals surface area (Å²) in [6.45, 7) is 0.436. The summed E-state index contributed by atoms with van der Waals surface area (Å²) in [6, 6.07) is 13.3. The molecule has 0 aliphatic carbocycles. The molecule has 0 unspecified atom stereocenters. The molecule has 0 saturated carbocycles. The van der Waals surface area contributed by atoms with Crippen molar-refractivity contribution in [3.8, 4) is 0 Å². The van der Waals surface area contributed by atoms with Crippen LogP contribution < -0.4 is 0 Å². The third kappa shape index (κ3) is 3.39. The maximum absolute atomic E-state index is 12.5. The van der Waals surface area contributed by atoms with Crippen molar-refractivity contribution < 1.29 is 13.2 Å². The Bertz CT molecular complexity index is 829. The summed E-state index contributed by atoms with van der Waals surface area (Å²) in [6.07, 6.45) is 0. The van der Waals surface area contributed by atoms with E-state index < -0.39 is 15.1 Å². The smallest absolute Gasteiger partial charge is 0.253 e. The van der Waals surface area contributed by atoms with Gasteiger partial charge in [0.05, 0.1) is 4.90 Å². The van der Waals surface area contributed by atoms with E-state index in [0.29, 0.717) is 10.6 Å². The predicted octanol–water partition coefficient (Wildman–Crippen LogP) is 3.24. The quantitative estimate of drug-likeness (QED) is 0.660. The Balaban J connectivity index is 1.69. The minimum Gasteiger partial charge on any atom is -0.336 e. The maximum atomic E-state index is 12.5. The summed E-state index contributed by atoms with van der Waals surface area (Å²) in [5, 5.41) is -0.0652. The first-order valence-corrected chi connectivity index (χ1v) is 9.92. The summed E-state index contributed by atoms with van der Waals surface area (Å²) in [4.78, 5) is 14.1. The van der Waals surface area contributed by atoms with E-state index in [4.69, 9.17) is 11.6 Å². The lowest BCUT2D eigenvalue weighted by atomic mass is 10.1. The van der Waals surface area contributed by atoms with Gasteiger partial charge in [0.2, 0.25) is 0 Å². The van der Waals surface area contributed by atoms with Crippen LogP contribution in [0.5, 0.6) is 0 Å². The van der Waals surface area contributed by atoms with Crippen LogP contribution in [-0.4, -0.2) is 37.6 Å². The number of likely N-dealkylation sites (tertiary alicyclic amines) is 1. The molecule has 1 fully saturated rings. The largest absolute Gasteiger partial charge is 0.336 e. The molecule has 7 heteroatoms. The van der Waals surface area contributed by atoms with E-state index in [-0.39, 0.29) is 23.9 Å². The van der Waals surface area contributed by atoms with E-state index in [9.17, 15) is 13.2 Å². The Morgan fingerprint density at radius 1 is 1.04 bits per heavy atom. The Hall–Kier alpha value is -1.12. The number of nitrogens with zero attached hydrogens (tertiary/aromatic N) is 1. The van der Waals surface area contributed by atoms with Gasteiger partial charge in [-0.05, 0) is 71.1 Å². The molecule has 0 atom stereocenters. The standard InChI is InChI=1S/C16H13ClINO3S/c17-12-3-7-14(8-4-12)23(21,22)15-9-19(10-15)16(20)11-1-5-13(18)6-2-11/h1-8,15H,9-10H2. The summed E-state index contributed by atoms with van der Waals surface area (Å²) in [5.74, 6) is -0.135. The first-order chi connectivity index (χ1) is 10.9. The molecule has 1 saturated heterocycles. The second-order valence-corrected chi connectivity index (χ2v) is 9.25. The molecular formula is C16H13ClINO3S. The van der Waals surface area contributed by atoms with Crippen molar-refractivity contribution in [3.05, 3.63) is 62.7 Å². The topological polar surface area (TPSA) is 54.5 Å². The predicted molar refractivity (Wildman–Crippen MR) is 97.5 cm³/mol. The highest BCUT2D eigenvalue weighted by atomic mass is 127. The molecule has 120 valence electrons. The van der Waals surface area contributed by atoms with Crippen LogP contribution in [0.3, 0.4) is 0 Å². The van der Waals surface area contributed by atoms with Gasteiger partial charge in [0.15, 0.2) is 9.84 Å². The number of sulfone groups is 1. The highest BCUT2D eigenvalue weighted by molar-refractivity contribution is 14.1. The van der Waals surface area contributed by atoms with Gasteiger partial charge in [-0.25, -0.2) is 8.42 Å². The second-order valence-electron chi connectivity index (χ2n) is 5.34. The molecule has 0 radical (unpaired) electrons. The van der Waals surface area contributed by atoms with Gasteiger partial charge < -0.3 is 4.90 Å². The van der Waals surface area contributed by atoms with Crippen LogP contribution in [0.1, 0.15) is 10.4 Å². The number of benzene rings is 2. The van der Waals surface area contributed by atoms with E-state index in [1.165, 1.54) is 12.1 Å². The molecule has 1 aliphatic heterocycles. The maximum Gasteiger partial charge on any atom is 0.253 e. The van der Waals surface area contributed by atoms with Crippen molar-refractivity contribution in [2.24, 2.45) is 0 Å². The zero-order chi connectivity index (χ0) is 16.6. The summed E-state index contributed by atoms with van der Waals surface area (Å²) in [7, 11) is -3.43. The third-order valence-corrected chi connectivity index (χ3v) is 6.88. The van der Waals surface area contributed by atoms with Crippen LogP contribution in [0.25, 0.3) is 0 Å². The fourth-order valence-electron chi connectivity index (χ4n) is 2.39. The Labute approximate surface area is 153 Å². The highest BCUT2D eigenvalue weighted by Crippen LogP contribution is 2.26. The lowest BCUT2D eigenvalue weighted by molar-refractivity contribution is 0.0659. The third-order valence-electron chi connectivity index (χ3n) is 3.81. The molecule has 0 aromatic heterocycles. The highest BCUT2D eigenvalue weighted by Gasteiger charge is 2.40. The van der Waals surface area contributed by atoms with Crippen LogP contribution in [0.4, 0.5) is 0 Å². The molecule has 2 aromatic carbocycles. The van der Waals surface area contributed by atoms with Gasteiger partial charge in [-0.1, -0.05) is 11.6 Å². The van der Waals surface area contributed by atoms with Crippen molar-refractivity contribution in [2.75, 3.05) is 13.1 Å². The van der Waals surface area contributed by atoms with Gasteiger partial charge in [0.1, 0.15) is 5.25 Å². The van der Waals surface area contributed by atoms with Gasteiger partial charge in [0, 0.05) is 27.2 Å². The fourth-order valence-corrected chi connectivity index (χ4v) is 4.53. The van der Waals surface area contributed by atoms with Gasteiger partial charge >= 0.3 is 0 Å². The van der Waals surface area contributed by atoms with E-state index in [1.807, 2.05) is 12.1 Å². The molecule has 2 aromatic rings. The molecule has 0 bridgehead atoms. The number of halogens is 2. The molecule has 3 rings (SSSR count). The summed E-state index contributed by atoms with van der Waals surface area (Å²) < 4.78 is 26.0. The molecule has 23 heavy (non-hydrogen) atoms. The zero-order valence-electron chi connectivity index (χ0n) is 11.9. The normalized spacial score (nSPS) is 15.3. The Morgan fingerprint density at radius 3 is 2.17 bits per heavy atom. The first-order valence-electron chi connectivity index (χ1n) is 6.92. The monoisotopic (exact) mass is 461 g/mol. The number of carbonyl (C=O) groups is 1. The average molecular weight is 462 g/mol. The van der Waals surface area contributed by atoms with Crippen LogP contribution >= 0.6 is 34.2 Å². The minimum atomic E-state index is -3.43. The van der Waals surface area contributed by atoms with E-state index in [1.54, 1.807) is 29.2 Å². The van der Waals surface area contributed by atoms with E-state index in [0.717, 1.165) is 3.57 Å². The zero-order valence-corrected chi connectivity index (χ0v) is 15.7. The minimum absolute atomic E-state index is 0.135. The van der Waals surface area contributed by atoms with Crippen molar-refractivity contribution in [3.63, 3.8) is 0 Å². The molecule has 1 heterocycles. The number of carbonyl (C=O) groups excluding carboxylic acids is 1. The van der Waals surface area contributed by atoms with Crippen LogP contribution in [0.15, 0.2) is 53.4 Å². The van der Waals surface area contributed by atoms with Gasteiger partial charge in [-0.2, -0.15) is 0 Å². The van der Waals surface area contributed by atoms with Gasteiger partial charge in [-0.3, -0.25) is 4.79 Å². The lowest BCUT2D eigenvalue weighted by Crippen LogP contribution is -2.56. The van der Waals surface area contributed by atoms with Crippen LogP contribution in [0, 0.1) is 3.57 Å². The fraction of sp³-hybridized carbons (Fsp3) is 0.188. The first kappa shape index (κ1) is 16.7. The number of amides is 1. The Kier molecular flexibility index (Phi) is 4.66. The van der Waals surface area contributed by atoms with Crippen molar-refractivity contribution in [2.45, 2.75) is 10.1 Å². The molecule has 1 amide bonds. The molecular weight excluding hydrogens is 449 g/mol. The van der Waals surface area contributed by atoms with Gasteiger partial charge in [-0.15, -0.1) is 0 Å². The number of hydrogen-bond acceptors (Lipinski definition) is 3. The van der Waals surface area contributed by atoms with E-state index >= 15 is 0 Å². The van der Waals surface area contributed by atoms with Crippen LogP contribution in [0.2, 0.25) is 5.02 Å². The summed E-state index contributed by atoms with van der Waals surface area (Å²) >= 11 is 7.95. The van der Waals surface area contributed by atoms with Crippen molar-refractivity contribution in [1.82, 2.24) is 4.90 Å². The number of hydrogen-bond donors (Lipinski definition) is 0. The van der Waals surface area contributed by atoms with Crippen LogP contribution in [-0.2, 0) is 9.84 Å². The second kappa shape index (κ2) is 6.41. The molecule has 0 spiro atoms. The average Bonchev–Trinajstić information content (AvgIpc) is 2.46. The molecule has 0 N–H and O–H groups in total. The lowest BCUT2D eigenvalue weighted by Gasteiger charge is -2.38. The number of rotatable bonds is 3. The molecule has 1 aliphatic rings. The van der Waals surface area contributed by atoms with Crippen molar-refractivity contribution >= 4 is 49.9 Å². The molecule has 4 nitrogen and oxygen atoms in total. The Morgan fingerprint density at radius 2 is 1.61 bits per heavy atom.